The average Bonchev–Trinajstić information content (AvgIpc) is 2.62. The van der Waals surface area contributed by atoms with Crippen LogP contribution in [0.5, 0.6) is 0 Å². The van der Waals surface area contributed by atoms with E-state index in [-0.39, 0.29) is 0 Å². The smallest absolute Gasteiger partial charge is 0.0986 e. The van der Waals surface area contributed by atoms with E-state index in [1.54, 1.807) is 0 Å². The second-order valence-electron chi connectivity index (χ2n) is 5.14. The first-order valence-electron chi connectivity index (χ1n) is 6.82. The molecule has 0 fully saturated rings. The Morgan fingerprint density at radius 3 is 2.35 bits per heavy atom. The molecule has 0 radical (unpaired) electrons. The third-order valence-corrected chi connectivity index (χ3v) is 3.96. The third kappa shape index (κ3) is 1.60. The predicted molar refractivity (Wildman–Crippen MR) is 80.9 cm³/mol. The first-order valence-corrected chi connectivity index (χ1v) is 6.82. The van der Waals surface area contributed by atoms with Crippen LogP contribution in [0.25, 0.3) is 11.6 Å². The van der Waals surface area contributed by atoms with Gasteiger partial charge >= 0.3 is 0 Å². The molecule has 20 heavy (non-hydrogen) atoms. The molecule has 0 saturated heterocycles. The largest absolute Gasteiger partial charge is 0.384 e. The Labute approximate surface area is 116 Å². The van der Waals surface area contributed by atoms with Gasteiger partial charge in [0.15, 0.2) is 0 Å². The van der Waals surface area contributed by atoms with E-state index < -0.39 is 6.10 Å². The zero-order valence-electron chi connectivity index (χ0n) is 11.0. The molecule has 0 amide bonds. The van der Waals surface area contributed by atoms with Crippen molar-refractivity contribution in [1.29, 1.82) is 0 Å². The van der Waals surface area contributed by atoms with Gasteiger partial charge in [0.1, 0.15) is 0 Å². The van der Waals surface area contributed by atoms with E-state index in [9.17, 15) is 5.11 Å². The minimum Gasteiger partial charge on any atom is -0.384 e. The SMILES string of the molecule is OC1C=CC=C2C=c3ccccc3=c3ccccc3=C21. The molecule has 2 aromatic rings. The number of hydrogen-bond acceptors (Lipinski definition) is 1. The van der Waals surface area contributed by atoms with Gasteiger partial charge < -0.3 is 5.11 Å². The fourth-order valence-corrected chi connectivity index (χ4v) is 3.05. The highest BCUT2D eigenvalue weighted by Crippen LogP contribution is 2.22. The number of rotatable bonds is 0. The molecule has 1 N–H and O–H groups in total. The third-order valence-electron chi connectivity index (χ3n) is 3.96. The number of allylic oxidation sites excluding steroid dienone is 2. The van der Waals surface area contributed by atoms with Gasteiger partial charge in [0.25, 0.3) is 0 Å². The number of benzene rings is 2. The first kappa shape index (κ1) is 11.4. The summed E-state index contributed by atoms with van der Waals surface area (Å²) in [5.74, 6) is 0. The maximum absolute atomic E-state index is 10.4. The highest BCUT2D eigenvalue weighted by atomic mass is 16.3. The van der Waals surface area contributed by atoms with Crippen LogP contribution in [0.4, 0.5) is 0 Å². The number of aliphatic hydroxyl groups is 1. The molecule has 2 aliphatic rings. The van der Waals surface area contributed by atoms with Crippen molar-refractivity contribution in [3.63, 3.8) is 0 Å². The summed E-state index contributed by atoms with van der Waals surface area (Å²) in [6.07, 6.45) is 7.45. The molecule has 4 rings (SSSR count). The van der Waals surface area contributed by atoms with E-state index in [1.165, 1.54) is 15.7 Å². The van der Waals surface area contributed by atoms with Crippen molar-refractivity contribution < 1.29 is 5.11 Å². The second kappa shape index (κ2) is 4.32. The van der Waals surface area contributed by atoms with Crippen molar-refractivity contribution in [3.05, 3.63) is 93.2 Å². The highest BCUT2D eigenvalue weighted by Gasteiger charge is 2.16. The van der Waals surface area contributed by atoms with Gasteiger partial charge in [-0.25, -0.2) is 0 Å². The van der Waals surface area contributed by atoms with E-state index in [1.807, 2.05) is 18.2 Å². The molecule has 0 saturated carbocycles. The van der Waals surface area contributed by atoms with Gasteiger partial charge in [-0.05, 0) is 38.1 Å². The lowest BCUT2D eigenvalue weighted by atomic mass is 9.93. The van der Waals surface area contributed by atoms with Crippen LogP contribution in [0, 0.1) is 10.4 Å². The molecule has 0 heterocycles. The van der Waals surface area contributed by atoms with Crippen LogP contribution in [0.1, 0.15) is 0 Å². The van der Waals surface area contributed by atoms with Crippen LogP contribution < -0.4 is 10.4 Å². The molecule has 2 aromatic carbocycles. The normalized spacial score (nSPS) is 19.1. The summed E-state index contributed by atoms with van der Waals surface area (Å²) >= 11 is 0. The fourth-order valence-electron chi connectivity index (χ4n) is 3.05. The number of fused-ring (bicyclic) bond motifs is 3. The Bertz CT molecular complexity index is 961. The second-order valence-corrected chi connectivity index (χ2v) is 5.14. The molecule has 2 aliphatic carbocycles. The van der Waals surface area contributed by atoms with Crippen molar-refractivity contribution in [1.82, 2.24) is 0 Å². The van der Waals surface area contributed by atoms with Crippen molar-refractivity contribution in [2.75, 3.05) is 0 Å². The van der Waals surface area contributed by atoms with Crippen LogP contribution in [-0.4, -0.2) is 11.2 Å². The Balaban J connectivity index is 2.38. The summed E-state index contributed by atoms with van der Waals surface area (Å²) in [4.78, 5) is 0. The average molecular weight is 258 g/mol. The lowest BCUT2D eigenvalue weighted by Gasteiger charge is -2.16. The van der Waals surface area contributed by atoms with Gasteiger partial charge in [-0.1, -0.05) is 66.8 Å². The summed E-state index contributed by atoms with van der Waals surface area (Å²) < 4.78 is 0. The molecule has 96 valence electrons. The van der Waals surface area contributed by atoms with Gasteiger partial charge in [-0.2, -0.15) is 0 Å². The van der Waals surface area contributed by atoms with Gasteiger partial charge in [-0.15, -0.1) is 0 Å². The van der Waals surface area contributed by atoms with E-state index in [4.69, 9.17) is 0 Å². The van der Waals surface area contributed by atoms with Gasteiger partial charge in [0, 0.05) is 0 Å². The van der Waals surface area contributed by atoms with Crippen molar-refractivity contribution in [3.8, 4) is 0 Å². The highest BCUT2D eigenvalue weighted by molar-refractivity contribution is 5.83. The van der Waals surface area contributed by atoms with E-state index in [0.717, 1.165) is 16.4 Å². The van der Waals surface area contributed by atoms with Crippen LogP contribution in [0.2, 0.25) is 0 Å². The molecule has 0 aliphatic heterocycles. The maximum Gasteiger partial charge on any atom is 0.0986 e. The van der Waals surface area contributed by atoms with E-state index in [2.05, 4.69) is 54.6 Å². The predicted octanol–water partition coefficient (Wildman–Crippen LogP) is 1.78. The molecular formula is C19H14O. The van der Waals surface area contributed by atoms with Gasteiger partial charge in [0.2, 0.25) is 0 Å². The maximum atomic E-state index is 10.4. The Morgan fingerprint density at radius 1 is 0.800 bits per heavy atom. The van der Waals surface area contributed by atoms with Crippen LogP contribution in [0.15, 0.2) is 72.3 Å². The molecule has 1 heteroatoms. The van der Waals surface area contributed by atoms with Crippen molar-refractivity contribution >= 4 is 11.6 Å². The minimum atomic E-state index is -0.540. The topological polar surface area (TPSA) is 20.2 Å². The fraction of sp³-hybridized carbons (Fsp3) is 0.0526. The Hall–Kier alpha value is -2.38. The van der Waals surface area contributed by atoms with Crippen molar-refractivity contribution in [2.45, 2.75) is 6.10 Å². The molecule has 0 aromatic heterocycles. The van der Waals surface area contributed by atoms with Crippen LogP contribution in [-0.2, 0) is 0 Å². The molecule has 1 nitrogen and oxygen atoms in total. The summed E-state index contributed by atoms with van der Waals surface area (Å²) in [6.45, 7) is 0. The van der Waals surface area contributed by atoms with Crippen LogP contribution in [0.3, 0.4) is 0 Å². The summed E-state index contributed by atoms with van der Waals surface area (Å²) in [5, 5.41) is 15.1. The van der Waals surface area contributed by atoms with E-state index >= 15 is 0 Å². The molecule has 0 spiro atoms. The van der Waals surface area contributed by atoms with Gasteiger partial charge in [0.05, 0.1) is 6.10 Å². The summed E-state index contributed by atoms with van der Waals surface area (Å²) in [6, 6.07) is 16.7. The molecular weight excluding hydrogens is 244 g/mol. The standard InChI is InChI=1S/C19H14O/c20-18-11-5-7-14-12-13-6-1-2-8-15(13)16-9-3-4-10-17(16)19(14)18/h1-12,18,20H. The quantitative estimate of drug-likeness (QED) is 0.763. The van der Waals surface area contributed by atoms with E-state index in [0.29, 0.717) is 0 Å². The Morgan fingerprint density at radius 2 is 1.50 bits per heavy atom. The molecule has 1 unspecified atom stereocenters. The lowest BCUT2D eigenvalue weighted by molar-refractivity contribution is 0.279. The monoisotopic (exact) mass is 258 g/mol. The van der Waals surface area contributed by atoms with Gasteiger partial charge in [-0.3, -0.25) is 0 Å². The molecule has 0 bridgehead atoms. The lowest BCUT2D eigenvalue weighted by Crippen LogP contribution is -2.19. The Kier molecular flexibility index (Phi) is 2.48. The number of aliphatic hydroxyl groups excluding tert-OH is 1. The summed E-state index contributed by atoms with van der Waals surface area (Å²) in [5.41, 5.74) is 2.09. The van der Waals surface area contributed by atoms with Crippen LogP contribution >= 0.6 is 0 Å². The zero-order chi connectivity index (χ0) is 13.5. The number of hydrogen-bond donors (Lipinski definition) is 1. The minimum absolute atomic E-state index is 0.540. The summed E-state index contributed by atoms with van der Waals surface area (Å²) in [7, 11) is 0. The first-order chi connectivity index (χ1) is 9.84. The zero-order valence-corrected chi connectivity index (χ0v) is 11.0. The molecule has 1 atom stereocenters. The van der Waals surface area contributed by atoms with Crippen molar-refractivity contribution in [2.24, 2.45) is 0 Å².